The first-order chi connectivity index (χ1) is 8.92. The lowest BCUT2D eigenvalue weighted by atomic mass is 10.2. The summed E-state index contributed by atoms with van der Waals surface area (Å²) in [4.78, 5) is 10.6. The summed E-state index contributed by atoms with van der Waals surface area (Å²) < 4.78 is 11.0. The van der Waals surface area contributed by atoms with Crippen LogP contribution in [0.4, 0.5) is 0 Å². The van der Waals surface area contributed by atoms with Crippen LogP contribution in [0.3, 0.4) is 0 Å². The van der Waals surface area contributed by atoms with Crippen molar-refractivity contribution in [1.82, 2.24) is 4.90 Å². The summed E-state index contributed by atoms with van der Waals surface area (Å²) in [5.74, 6) is 0. The van der Waals surface area contributed by atoms with E-state index in [0.717, 1.165) is 45.4 Å². The normalized spacial score (nSPS) is 18.1. The van der Waals surface area contributed by atoms with Gasteiger partial charge in [-0.25, -0.2) is 9.98 Å². The quantitative estimate of drug-likeness (QED) is 0.704. The number of ether oxygens (including phenoxy) is 2. The highest BCUT2D eigenvalue weighted by Crippen LogP contribution is 2.10. The minimum Gasteiger partial charge on any atom is -0.463 e. The third kappa shape index (κ3) is 3.60. The van der Waals surface area contributed by atoms with Gasteiger partial charge < -0.3 is 15.2 Å². The van der Waals surface area contributed by atoms with E-state index in [9.17, 15) is 0 Å². The Balaban J connectivity index is 1.81. The number of rotatable bonds is 6. The van der Waals surface area contributed by atoms with Gasteiger partial charge in [0.25, 0.3) is 12.0 Å². The zero-order valence-corrected chi connectivity index (χ0v) is 10.8. The van der Waals surface area contributed by atoms with Crippen LogP contribution in [0.5, 0.6) is 0 Å². The molecule has 0 saturated heterocycles. The summed E-state index contributed by atoms with van der Waals surface area (Å²) in [6, 6.07) is 1.32. The molecule has 18 heavy (non-hydrogen) atoms. The number of nitrogens with zero attached hydrogens (tertiary/aromatic N) is 3. The Morgan fingerprint density at radius 2 is 1.56 bits per heavy atom. The van der Waals surface area contributed by atoms with E-state index in [1.54, 1.807) is 0 Å². The molecule has 0 spiro atoms. The van der Waals surface area contributed by atoms with Gasteiger partial charge in [0.2, 0.25) is 0 Å². The van der Waals surface area contributed by atoms with Crippen molar-refractivity contribution < 1.29 is 9.47 Å². The van der Waals surface area contributed by atoms with Crippen LogP contribution in [-0.4, -0.2) is 56.3 Å². The maximum atomic E-state index is 5.50. The van der Waals surface area contributed by atoms with Crippen molar-refractivity contribution in [2.45, 2.75) is 25.7 Å². The van der Waals surface area contributed by atoms with Gasteiger partial charge in [-0.1, -0.05) is 12.8 Å². The lowest BCUT2D eigenvalue weighted by molar-refractivity contribution is 0.257. The molecule has 0 saturated carbocycles. The van der Waals surface area contributed by atoms with Gasteiger partial charge in [-0.2, -0.15) is 0 Å². The molecule has 2 heterocycles. The van der Waals surface area contributed by atoms with Crippen molar-refractivity contribution in [3.8, 4) is 0 Å². The second kappa shape index (κ2) is 7.20. The van der Waals surface area contributed by atoms with E-state index in [-0.39, 0.29) is 0 Å². The minimum absolute atomic E-state index is 0.659. The fourth-order valence-corrected chi connectivity index (χ4v) is 2.02. The molecule has 0 unspecified atom stereocenters. The number of aliphatic imine (C=N–C) groups is 2. The number of unbranched alkanes of at least 4 members (excludes halogenated alkanes) is 3. The van der Waals surface area contributed by atoms with Gasteiger partial charge in [0, 0.05) is 6.54 Å². The van der Waals surface area contributed by atoms with Crippen molar-refractivity contribution in [3.05, 3.63) is 0 Å². The third-order valence-electron chi connectivity index (χ3n) is 2.94. The standard InChI is InChI=1S/C12H22N4O2/c13-5-3-1-2-4-8-16(11-14-6-9-17-11)12-15-7-10-18-12/h1-10,13H2. The number of nitrogens with two attached hydrogens (primary N) is 1. The van der Waals surface area contributed by atoms with Gasteiger partial charge in [0.15, 0.2) is 0 Å². The van der Waals surface area contributed by atoms with E-state index in [2.05, 4.69) is 9.98 Å². The van der Waals surface area contributed by atoms with Crippen molar-refractivity contribution in [2.75, 3.05) is 39.4 Å². The van der Waals surface area contributed by atoms with Gasteiger partial charge in [-0.15, -0.1) is 0 Å². The molecule has 0 bridgehead atoms. The summed E-state index contributed by atoms with van der Waals surface area (Å²) in [5, 5.41) is 0. The zero-order chi connectivity index (χ0) is 12.6. The second-order valence-corrected chi connectivity index (χ2v) is 4.38. The summed E-state index contributed by atoms with van der Waals surface area (Å²) in [5.41, 5.74) is 5.48. The lowest BCUT2D eigenvalue weighted by Crippen LogP contribution is -2.38. The highest BCUT2D eigenvalue weighted by Gasteiger charge is 2.24. The van der Waals surface area contributed by atoms with E-state index < -0.39 is 0 Å². The smallest absolute Gasteiger partial charge is 0.295 e. The summed E-state index contributed by atoms with van der Waals surface area (Å²) in [6.07, 6.45) is 4.50. The Morgan fingerprint density at radius 3 is 2.06 bits per heavy atom. The molecule has 0 amide bonds. The van der Waals surface area contributed by atoms with Crippen LogP contribution >= 0.6 is 0 Å². The Kier molecular flexibility index (Phi) is 5.26. The molecule has 102 valence electrons. The fraction of sp³-hybridized carbons (Fsp3) is 0.833. The van der Waals surface area contributed by atoms with Gasteiger partial charge in [0.1, 0.15) is 13.2 Å². The molecule has 0 aliphatic carbocycles. The molecule has 6 heteroatoms. The van der Waals surface area contributed by atoms with Crippen molar-refractivity contribution in [1.29, 1.82) is 0 Å². The van der Waals surface area contributed by atoms with Crippen LogP contribution in [-0.2, 0) is 9.47 Å². The van der Waals surface area contributed by atoms with Gasteiger partial charge in [-0.05, 0) is 19.4 Å². The molecular formula is C12H22N4O2. The first kappa shape index (κ1) is 13.1. The van der Waals surface area contributed by atoms with Gasteiger partial charge >= 0.3 is 0 Å². The number of hydrogen-bond acceptors (Lipinski definition) is 6. The Hall–Kier alpha value is -1.30. The van der Waals surface area contributed by atoms with E-state index in [1.807, 2.05) is 4.90 Å². The van der Waals surface area contributed by atoms with Crippen LogP contribution in [0.1, 0.15) is 25.7 Å². The Labute approximate surface area is 108 Å². The minimum atomic E-state index is 0.659. The largest absolute Gasteiger partial charge is 0.463 e. The molecule has 0 fully saturated rings. The average Bonchev–Trinajstić information content (AvgIpc) is 3.06. The Morgan fingerprint density at radius 1 is 0.944 bits per heavy atom. The highest BCUT2D eigenvalue weighted by molar-refractivity contribution is 5.94. The van der Waals surface area contributed by atoms with Crippen molar-refractivity contribution in [3.63, 3.8) is 0 Å². The molecule has 2 aliphatic heterocycles. The fourth-order valence-electron chi connectivity index (χ4n) is 2.02. The molecule has 0 atom stereocenters. The molecule has 0 radical (unpaired) electrons. The number of hydrogen-bond donors (Lipinski definition) is 1. The lowest BCUT2D eigenvalue weighted by Gasteiger charge is -2.21. The molecule has 2 aliphatic rings. The Bertz CT molecular complexity index is 293. The van der Waals surface area contributed by atoms with E-state index >= 15 is 0 Å². The predicted octanol–water partition coefficient (Wildman–Crippen LogP) is 0.580. The molecular weight excluding hydrogens is 232 g/mol. The molecule has 0 aromatic carbocycles. The monoisotopic (exact) mass is 254 g/mol. The first-order valence-corrected chi connectivity index (χ1v) is 6.74. The second-order valence-electron chi connectivity index (χ2n) is 4.38. The topological polar surface area (TPSA) is 72.4 Å². The van der Waals surface area contributed by atoms with Crippen molar-refractivity contribution >= 4 is 12.0 Å². The highest BCUT2D eigenvalue weighted by atomic mass is 16.5. The molecule has 2 rings (SSSR count). The summed E-state index contributed by atoms with van der Waals surface area (Å²) in [7, 11) is 0. The van der Waals surface area contributed by atoms with E-state index in [4.69, 9.17) is 15.2 Å². The van der Waals surface area contributed by atoms with Crippen molar-refractivity contribution in [2.24, 2.45) is 15.7 Å². The molecule has 6 nitrogen and oxygen atoms in total. The maximum Gasteiger partial charge on any atom is 0.295 e. The van der Waals surface area contributed by atoms with Crippen LogP contribution in [0, 0.1) is 0 Å². The SMILES string of the molecule is NCCCCCCN(C1=NCCO1)C1=NCCO1. The van der Waals surface area contributed by atoms with Crippen LogP contribution < -0.4 is 5.73 Å². The van der Waals surface area contributed by atoms with E-state index in [1.165, 1.54) is 6.42 Å². The third-order valence-corrected chi connectivity index (χ3v) is 2.94. The van der Waals surface area contributed by atoms with Gasteiger partial charge in [-0.3, -0.25) is 4.90 Å². The van der Waals surface area contributed by atoms with Crippen LogP contribution in [0.25, 0.3) is 0 Å². The van der Waals surface area contributed by atoms with Crippen LogP contribution in [0.15, 0.2) is 9.98 Å². The maximum absolute atomic E-state index is 5.50. The predicted molar refractivity (Wildman–Crippen MR) is 70.7 cm³/mol. The van der Waals surface area contributed by atoms with Crippen LogP contribution in [0.2, 0.25) is 0 Å². The van der Waals surface area contributed by atoms with E-state index in [0.29, 0.717) is 25.3 Å². The number of amidine groups is 2. The van der Waals surface area contributed by atoms with Gasteiger partial charge in [0.05, 0.1) is 13.1 Å². The molecule has 0 aromatic rings. The summed E-state index contributed by atoms with van der Waals surface area (Å²) in [6.45, 7) is 4.40. The summed E-state index contributed by atoms with van der Waals surface area (Å²) >= 11 is 0. The first-order valence-electron chi connectivity index (χ1n) is 6.74. The molecule has 2 N–H and O–H groups in total. The zero-order valence-electron chi connectivity index (χ0n) is 10.8. The average molecular weight is 254 g/mol. The molecule has 0 aromatic heterocycles.